The van der Waals surface area contributed by atoms with E-state index in [0.717, 1.165) is 0 Å². The van der Waals surface area contributed by atoms with E-state index in [4.69, 9.17) is 10.5 Å². The number of nitrogens with one attached hydrogen (secondary N) is 1. The van der Waals surface area contributed by atoms with Gasteiger partial charge in [0, 0.05) is 17.9 Å². The molecule has 106 valence electrons. The van der Waals surface area contributed by atoms with Crippen molar-refractivity contribution in [2.24, 2.45) is 0 Å². The van der Waals surface area contributed by atoms with E-state index in [1.807, 2.05) is 6.26 Å². The number of benzene rings is 1. The number of aliphatic hydroxyl groups is 1. The molecule has 0 aliphatic heterocycles. The summed E-state index contributed by atoms with van der Waals surface area (Å²) in [6, 6.07) is 4.83. The third-order valence-corrected chi connectivity index (χ3v) is 3.49. The Hall–Kier alpha value is -1.40. The number of thioether (sulfide) groups is 1. The molecule has 0 saturated heterocycles. The molecule has 0 aromatic heterocycles. The lowest BCUT2D eigenvalue weighted by Gasteiger charge is -2.22. The molecule has 0 heterocycles. The van der Waals surface area contributed by atoms with Gasteiger partial charge in [-0.05, 0) is 31.4 Å². The number of hydrogen-bond donors (Lipinski definition) is 3. The predicted molar refractivity (Wildman–Crippen MR) is 78.7 cm³/mol. The van der Waals surface area contributed by atoms with Crippen LogP contribution in [0.5, 0.6) is 5.75 Å². The maximum absolute atomic E-state index is 11.9. The van der Waals surface area contributed by atoms with Crippen molar-refractivity contribution in [1.29, 1.82) is 0 Å². The Morgan fingerprint density at radius 2 is 2.26 bits per heavy atom. The molecule has 1 amide bonds. The molecule has 0 fully saturated rings. The van der Waals surface area contributed by atoms with Gasteiger partial charge in [0.15, 0.2) is 0 Å². The van der Waals surface area contributed by atoms with Gasteiger partial charge in [-0.2, -0.15) is 11.8 Å². The molecular weight excluding hydrogens is 264 g/mol. The summed E-state index contributed by atoms with van der Waals surface area (Å²) in [6.07, 6.45) is 1.90. The number of nitrogen functional groups attached to an aromatic ring is 1. The summed E-state index contributed by atoms with van der Waals surface area (Å²) < 4.78 is 5.03. The van der Waals surface area contributed by atoms with Gasteiger partial charge in [0.2, 0.25) is 0 Å². The molecule has 1 aromatic rings. The molecule has 0 spiro atoms. The van der Waals surface area contributed by atoms with Gasteiger partial charge in [-0.1, -0.05) is 0 Å². The van der Waals surface area contributed by atoms with Gasteiger partial charge >= 0.3 is 0 Å². The maximum atomic E-state index is 11.9. The number of amides is 1. The minimum absolute atomic E-state index is 0.193. The van der Waals surface area contributed by atoms with E-state index in [9.17, 15) is 9.90 Å². The van der Waals surface area contributed by atoms with Crippen LogP contribution in [0.15, 0.2) is 18.2 Å². The zero-order chi connectivity index (χ0) is 14.5. The Bertz CT molecular complexity index is 450. The van der Waals surface area contributed by atoms with Crippen LogP contribution in [-0.4, -0.2) is 42.3 Å². The molecule has 0 aliphatic carbocycles. The number of carbonyl (C=O) groups is 1. The second-order valence-electron chi connectivity index (χ2n) is 4.57. The maximum Gasteiger partial charge on any atom is 0.251 e. The van der Waals surface area contributed by atoms with Crippen LogP contribution >= 0.6 is 11.8 Å². The molecule has 1 rings (SSSR count). The molecule has 0 radical (unpaired) electrons. The Labute approximate surface area is 117 Å². The molecule has 0 bridgehead atoms. The number of carbonyl (C=O) groups excluding carboxylic acids is 1. The van der Waals surface area contributed by atoms with E-state index in [-0.39, 0.29) is 12.5 Å². The van der Waals surface area contributed by atoms with Crippen LogP contribution in [0.4, 0.5) is 5.69 Å². The van der Waals surface area contributed by atoms with Gasteiger partial charge in [-0.15, -0.1) is 0 Å². The first-order chi connectivity index (χ1) is 8.89. The zero-order valence-corrected chi connectivity index (χ0v) is 12.2. The number of nitrogens with two attached hydrogens (primary N) is 1. The Balaban J connectivity index is 2.66. The van der Waals surface area contributed by atoms with Crippen molar-refractivity contribution < 1.29 is 14.6 Å². The molecule has 4 N–H and O–H groups in total. The summed E-state index contributed by atoms with van der Waals surface area (Å²) in [7, 11) is 1.52. The average Bonchev–Trinajstić information content (AvgIpc) is 2.36. The number of anilines is 1. The summed E-state index contributed by atoms with van der Waals surface area (Å²) in [5.41, 5.74) is 5.67. The van der Waals surface area contributed by atoms with E-state index in [2.05, 4.69) is 5.32 Å². The summed E-state index contributed by atoms with van der Waals surface area (Å²) >= 11 is 1.53. The topological polar surface area (TPSA) is 84.6 Å². The first kappa shape index (κ1) is 15.7. The molecule has 6 heteroatoms. The highest BCUT2D eigenvalue weighted by Gasteiger charge is 2.20. The Morgan fingerprint density at radius 3 is 2.79 bits per heavy atom. The van der Waals surface area contributed by atoms with Crippen molar-refractivity contribution in [3.8, 4) is 5.75 Å². The second kappa shape index (κ2) is 6.68. The summed E-state index contributed by atoms with van der Waals surface area (Å²) in [5.74, 6) is 0.819. The van der Waals surface area contributed by atoms with E-state index in [1.165, 1.54) is 18.9 Å². The molecule has 0 saturated carbocycles. The SMILES string of the molecule is COc1ccc(C(=O)NCC(C)(O)CSC)cc1N. The van der Waals surface area contributed by atoms with Crippen molar-refractivity contribution in [2.45, 2.75) is 12.5 Å². The van der Waals surface area contributed by atoms with Crippen LogP contribution < -0.4 is 15.8 Å². The third kappa shape index (κ3) is 4.65. The Morgan fingerprint density at radius 1 is 1.58 bits per heavy atom. The minimum atomic E-state index is -0.924. The lowest BCUT2D eigenvalue weighted by atomic mass is 10.1. The molecule has 1 aromatic carbocycles. The molecule has 19 heavy (non-hydrogen) atoms. The normalized spacial score (nSPS) is 13.7. The number of ether oxygens (including phenoxy) is 1. The quantitative estimate of drug-likeness (QED) is 0.682. The smallest absolute Gasteiger partial charge is 0.251 e. The zero-order valence-electron chi connectivity index (χ0n) is 11.4. The summed E-state index contributed by atoms with van der Waals surface area (Å²) in [6.45, 7) is 1.88. The van der Waals surface area contributed by atoms with Crippen molar-refractivity contribution in [3.05, 3.63) is 23.8 Å². The predicted octanol–water partition coefficient (Wildman–Crippen LogP) is 1.12. The van der Waals surface area contributed by atoms with Crippen molar-refractivity contribution in [3.63, 3.8) is 0 Å². The van der Waals surface area contributed by atoms with Crippen molar-refractivity contribution in [1.82, 2.24) is 5.32 Å². The first-order valence-electron chi connectivity index (χ1n) is 5.82. The minimum Gasteiger partial charge on any atom is -0.495 e. The van der Waals surface area contributed by atoms with Crippen LogP contribution in [0, 0.1) is 0 Å². The monoisotopic (exact) mass is 284 g/mol. The van der Waals surface area contributed by atoms with Crippen molar-refractivity contribution >= 4 is 23.4 Å². The molecule has 1 atom stereocenters. The van der Waals surface area contributed by atoms with Crippen molar-refractivity contribution in [2.75, 3.05) is 31.4 Å². The third-order valence-electron chi connectivity index (χ3n) is 2.58. The van der Waals surface area contributed by atoms with Crippen LogP contribution in [-0.2, 0) is 0 Å². The lowest BCUT2D eigenvalue weighted by molar-refractivity contribution is 0.0725. The van der Waals surface area contributed by atoms with Gasteiger partial charge in [-0.25, -0.2) is 0 Å². The fourth-order valence-corrected chi connectivity index (χ4v) is 2.33. The highest BCUT2D eigenvalue weighted by Crippen LogP contribution is 2.21. The van der Waals surface area contributed by atoms with Gasteiger partial charge < -0.3 is 20.9 Å². The van der Waals surface area contributed by atoms with Crippen LogP contribution in [0.2, 0.25) is 0 Å². The van der Waals surface area contributed by atoms with Gasteiger partial charge in [0.1, 0.15) is 5.75 Å². The van der Waals surface area contributed by atoms with Gasteiger partial charge in [0.25, 0.3) is 5.91 Å². The number of methoxy groups -OCH3 is 1. The van der Waals surface area contributed by atoms with Crippen LogP contribution in [0.25, 0.3) is 0 Å². The van der Waals surface area contributed by atoms with E-state index >= 15 is 0 Å². The fraction of sp³-hybridized carbons (Fsp3) is 0.462. The molecular formula is C13H20N2O3S. The molecule has 1 unspecified atom stereocenters. The molecule has 0 aliphatic rings. The highest BCUT2D eigenvalue weighted by molar-refractivity contribution is 7.98. The van der Waals surface area contributed by atoms with E-state index in [1.54, 1.807) is 25.1 Å². The first-order valence-corrected chi connectivity index (χ1v) is 7.22. The highest BCUT2D eigenvalue weighted by atomic mass is 32.2. The van der Waals surface area contributed by atoms with Crippen LogP contribution in [0.3, 0.4) is 0 Å². The standard InChI is InChI=1S/C13H20N2O3S/c1-13(17,8-19-3)7-15-12(16)9-4-5-11(18-2)10(14)6-9/h4-6,17H,7-8,14H2,1-3H3,(H,15,16). The van der Waals surface area contributed by atoms with E-state index < -0.39 is 5.60 Å². The van der Waals surface area contributed by atoms with Crippen LogP contribution in [0.1, 0.15) is 17.3 Å². The number of hydrogen-bond acceptors (Lipinski definition) is 5. The Kier molecular flexibility index (Phi) is 5.50. The van der Waals surface area contributed by atoms with Gasteiger partial charge in [0.05, 0.1) is 18.4 Å². The number of rotatable bonds is 6. The lowest BCUT2D eigenvalue weighted by Crippen LogP contribution is -2.42. The fourth-order valence-electron chi connectivity index (χ4n) is 1.61. The largest absolute Gasteiger partial charge is 0.495 e. The average molecular weight is 284 g/mol. The summed E-state index contributed by atoms with van der Waals surface area (Å²) in [4.78, 5) is 11.9. The van der Waals surface area contributed by atoms with E-state index in [0.29, 0.717) is 22.8 Å². The summed E-state index contributed by atoms with van der Waals surface area (Å²) in [5, 5.41) is 12.7. The van der Waals surface area contributed by atoms with Gasteiger partial charge in [-0.3, -0.25) is 4.79 Å². The molecule has 5 nitrogen and oxygen atoms in total. The second-order valence-corrected chi connectivity index (χ2v) is 5.44.